The van der Waals surface area contributed by atoms with E-state index in [1.165, 1.54) is 0 Å². The number of thioether (sulfide) groups is 1. The van der Waals surface area contributed by atoms with Gasteiger partial charge in [0.15, 0.2) is 0 Å². The number of benzene rings is 1. The second-order valence-electron chi connectivity index (χ2n) is 5.69. The lowest BCUT2D eigenvalue weighted by Gasteiger charge is -2.21. The summed E-state index contributed by atoms with van der Waals surface area (Å²) in [7, 11) is 0. The summed E-state index contributed by atoms with van der Waals surface area (Å²) in [5.41, 5.74) is 0.817. The molecule has 2 aliphatic rings. The summed E-state index contributed by atoms with van der Waals surface area (Å²) >= 11 is 6.29. The number of carbonyl (C=O) groups is 4. The van der Waals surface area contributed by atoms with Gasteiger partial charge in [0.1, 0.15) is 10.4 Å². The van der Waals surface area contributed by atoms with E-state index in [9.17, 15) is 24.3 Å². The molecule has 2 aliphatic heterocycles. The number of carboxylic acid groups (broad SMARTS) is 1. The highest BCUT2D eigenvalue weighted by molar-refractivity contribution is 8.26. The zero-order valence-corrected chi connectivity index (χ0v) is 15.0. The molecule has 0 unspecified atom stereocenters. The number of rotatable bonds is 5. The number of aliphatic carboxylic acids is 1. The number of nitrogens with zero attached hydrogens (tertiary/aromatic N) is 2. The molecule has 2 fully saturated rings. The van der Waals surface area contributed by atoms with Crippen molar-refractivity contribution in [1.82, 2.24) is 9.80 Å². The number of imide groups is 1. The molecule has 3 rings (SSSR count). The number of carbonyl (C=O) groups excluding carboxylic acids is 4. The molecular weight excluding hydrogens is 376 g/mol. The third-order valence-electron chi connectivity index (χ3n) is 3.99. The van der Waals surface area contributed by atoms with Crippen molar-refractivity contribution in [2.24, 2.45) is 0 Å². The zero-order chi connectivity index (χ0) is 18.8. The Kier molecular flexibility index (Phi) is 5.19. The topological polar surface area (TPSA) is 97.8 Å². The van der Waals surface area contributed by atoms with Crippen molar-refractivity contribution in [1.29, 1.82) is 0 Å². The van der Waals surface area contributed by atoms with Gasteiger partial charge in [0.2, 0.25) is 5.91 Å². The molecule has 9 heteroatoms. The average Bonchev–Trinajstić information content (AvgIpc) is 3.02. The Morgan fingerprint density at radius 2 is 1.96 bits per heavy atom. The highest BCUT2D eigenvalue weighted by Crippen LogP contribution is 2.36. The molecule has 0 aliphatic carbocycles. The van der Waals surface area contributed by atoms with Gasteiger partial charge in [-0.2, -0.15) is 0 Å². The number of hydrogen-bond acceptors (Lipinski definition) is 7. The van der Waals surface area contributed by atoms with Crippen LogP contribution in [0.15, 0.2) is 35.2 Å². The molecule has 2 heterocycles. The molecule has 1 aromatic rings. The van der Waals surface area contributed by atoms with Crippen molar-refractivity contribution < 1.29 is 24.3 Å². The van der Waals surface area contributed by atoms with Gasteiger partial charge in [-0.1, -0.05) is 54.3 Å². The second-order valence-corrected chi connectivity index (χ2v) is 7.36. The summed E-state index contributed by atoms with van der Waals surface area (Å²) in [5.74, 6) is -2.93. The van der Waals surface area contributed by atoms with Gasteiger partial charge in [-0.05, 0) is 11.6 Å². The standard InChI is InChI=1S/C17H14N2O5S2/c20-13-9-11(15(23)18(13)7-6-14(21)22)19-16(24)12(26-17(19)25)8-10-4-2-1-3-5-10/h1-5,8,11H,6-7,9H2,(H,21,22)/p-1/b12-8+/t11-/m1/s1. The van der Waals surface area contributed by atoms with E-state index >= 15 is 0 Å². The molecule has 1 aromatic carbocycles. The van der Waals surface area contributed by atoms with Crippen LogP contribution in [0, 0.1) is 0 Å². The molecule has 26 heavy (non-hydrogen) atoms. The van der Waals surface area contributed by atoms with Gasteiger partial charge in [0, 0.05) is 18.9 Å². The summed E-state index contributed by atoms with van der Waals surface area (Å²) in [5, 5.41) is 10.6. The Balaban J connectivity index is 1.79. The second kappa shape index (κ2) is 7.38. The minimum absolute atomic E-state index is 0.199. The first-order chi connectivity index (χ1) is 12.4. The Morgan fingerprint density at radius 1 is 1.27 bits per heavy atom. The maximum absolute atomic E-state index is 12.7. The first-order valence-corrected chi connectivity index (χ1v) is 8.97. The van der Waals surface area contributed by atoms with Crippen molar-refractivity contribution in [3.8, 4) is 0 Å². The van der Waals surface area contributed by atoms with Crippen LogP contribution < -0.4 is 5.11 Å². The summed E-state index contributed by atoms with van der Waals surface area (Å²) in [6.07, 6.45) is 1.02. The van der Waals surface area contributed by atoms with Gasteiger partial charge in [-0.3, -0.25) is 24.2 Å². The molecule has 0 radical (unpaired) electrons. The summed E-state index contributed by atoms with van der Waals surface area (Å²) < 4.78 is 0.199. The Morgan fingerprint density at radius 3 is 2.62 bits per heavy atom. The van der Waals surface area contributed by atoms with Crippen molar-refractivity contribution in [3.05, 3.63) is 40.8 Å². The van der Waals surface area contributed by atoms with Crippen molar-refractivity contribution in [2.45, 2.75) is 18.9 Å². The highest BCUT2D eigenvalue weighted by Gasteiger charge is 2.48. The van der Waals surface area contributed by atoms with E-state index < -0.39 is 36.2 Å². The fourth-order valence-corrected chi connectivity index (χ4v) is 4.11. The average molecular weight is 389 g/mol. The zero-order valence-electron chi connectivity index (χ0n) is 13.4. The van der Waals surface area contributed by atoms with Gasteiger partial charge in [0.05, 0.1) is 11.3 Å². The largest absolute Gasteiger partial charge is 0.550 e. The lowest BCUT2D eigenvalue weighted by Crippen LogP contribution is -2.44. The normalized spacial score (nSPS) is 22.0. The van der Waals surface area contributed by atoms with Gasteiger partial charge < -0.3 is 9.90 Å². The van der Waals surface area contributed by atoms with Crippen LogP contribution in [0.2, 0.25) is 0 Å². The molecule has 0 saturated carbocycles. The molecule has 0 aromatic heterocycles. The quantitative estimate of drug-likeness (QED) is 0.402. The Labute approximate surface area is 158 Å². The molecule has 3 amide bonds. The van der Waals surface area contributed by atoms with E-state index in [0.717, 1.165) is 27.1 Å². The van der Waals surface area contributed by atoms with Crippen LogP contribution in [-0.4, -0.2) is 50.4 Å². The van der Waals surface area contributed by atoms with E-state index in [1.807, 2.05) is 30.3 Å². The minimum Gasteiger partial charge on any atom is -0.550 e. The molecule has 0 spiro atoms. The van der Waals surface area contributed by atoms with E-state index in [0.29, 0.717) is 4.91 Å². The number of amides is 3. The molecule has 1 atom stereocenters. The third kappa shape index (κ3) is 3.54. The molecule has 0 bridgehead atoms. The molecule has 0 N–H and O–H groups in total. The Bertz CT molecular complexity index is 837. The van der Waals surface area contributed by atoms with E-state index in [-0.39, 0.29) is 17.3 Å². The first-order valence-electron chi connectivity index (χ1n) is 7.74. The van der Waals surface area contributed by atoms with Gasteiger partial charge in [-0.25, -0.2) is 0 Å². The minimum atomic E-state index is -1.36. The Hall–Kier alpha value is -2.52. The van der Waals surface area contributed by atoms with Crippen molar-refractivity contribution in [3.63, 3.8) is 0 Å². The predicted octanol–water partition coefficient (Wildman–Crippen LogP) is 0.155. The van der Waals surface area contributed by atoms with Crippen LogP contribution in [0.1, 0.15) is 18.4 Å². The fraction of sp³-hybridized carbons (Fsp3) is 0.235. The van der Waals surface area contributed by atoms with Crippen molar-refractivity contribution >= 4 is 58.1 Å². The lowest BCUT2D eigenvalue weighted by molar-refractivity contribution is -0.305. The van der Waals surface area contributed by atoms with Gasteiger partial charge >= 0.3 is 0 Å². The monoisotopic (exact) mass is 389 g/mol. The molecule has 7 nitrogen and oxygen atoms in total. The molecule has 134 valence electrons. The van der Waals surface area contributed by atoms with Crippen LogP contribution in [0.5, 0.6) is 0 Å². The van der Waals surface area contributed by atoms with Crippen molar-refractivity contribution in [2.75, 3.05) is 6.54 Å². The summed E-state index contributed by atoms with van der Waals surface area (Å²) in [6.45, 7) is -0.273. The van der Waals surface area contributed by atoms with Crippen LogP contribution in [0.25, 0.3) is 6.08 Å². The van der Waals surface area contributed by atoms with E-state index in [1.54, 1.807) is 6.08 Å². The summed E-state index contributed by atoms with van der Waals surface area (Å²) in [6, 6.07) is 8.16. The number of hydrogen-bond donors (Lipinski definition) is 0. The highest BCUT2D eigenvalue weighted by atomic mass is 32.2. The van der Waals surface area contributed by atoms with Crippen LogP contribution in [0.3, 0.4) is 0 Å². The number of likely N-dealkylation sites (tertiary alicyclic amines) is 1. The van der Waals surface area contributed by atoms with Gasteiger partial charge in [-0.15, -0.1) is 0 Å². The summed E-state index contributed by atoms with van der Waals surface area (Å²) in [4.78, 5) is 50.2. The molecule has 2 saturated heterocycles. The van der Waals surface area contributed by atoms with E-state index in [2.05, 4.69) is 0 Å². The third-order valence-corrected chi connectivity index (χ3v) is 5.32. The SMILES string of the molecule is O=C([O-])CCN1C(=O)C[C@@H](N2C(=O)/C(=C\c3ccccc3)SC2=S)C1=O. The maximum atomic E-state index is 12.7. The number of thiocarbonyl (C=S) groups is 1. The van der Waals surface area contributed by atoms with Crippen LogP contribution in [-0.2, 0) is 19.2 Å². The van der Waals surface area contributed by atoms with Crippen LogP contribution in [0.4, 0.5) is 0 Å². The lowest BCUT2D eigenvalue weighted by atomic mass is 10.2. The van der Waals surface area contributed by atoms with Gasteiger partial charge in [0.25, 0.3) is 11.8 Å². The predicted molar refractivity (Wildman–Crippen MR) is 96.2 cm³/mol. The van der Waals surface area contributed by atoms with E-state index in [4.69, 9.17) is 12.2 Å². The maximum Gasteiger partial charge on any atom is 0.266 e. The van der Waals surface area contributed by atoms with Crippen LogP contribution >= 0.6 is 24.0 Å². The number of carboxylic acids is 1. The molecular formula is C17H13N2O5S2-. The first kappa shape index (κ1) is 18.3. The smallest absolute Gasteiger partial charge is 0.266 e. The fourth-order valence-electron chi connectivity index (χ4n) is 2.75.